The molecule has 1 N–H and O–H groups in total. The van der Waals surface area contributed by atoms with Crippen LogP contribution in [0.3, 0.4) is 0 Å². The standard InChI is InChI=1S/C13H18N2O2/c1-13(10-14,15-2)8-9-17-12-7-5-4-6-11(12)16-3/h4-7,15H,8-9H2,1-3H3. The molecule has 0 aromatic heterocycles. The zero-order chi connectivity index (χ0) is 12.7. The van der Waals surface area contributed by atoms with Crippen molar-refractivity contribution in [3.63, 3.8) is 0 Å². The van der Waals surface area contributed by atoms with Crippen LogP contribution in [-0.4, -0.2) is 26.3 Å². The van der Waals surface area contributed by atoms with E-state index in [-0.39, 0.29) is 0 Å². The first-order valence-corrected chi connectivity index (χ1v) is 5.51. The largest absolute Gasteiger partial charge is 0.493 e. The molecule has 0 heterocycles. The van der Waals surface area contributed by atoms with Crippen molar-refractivity contribution in [3.05, 3.63) is 24.3 Å². The molecule has 0 saturated heterocycles. The van der Waals surface area contributed by atoms with Gasteiger partial charge >= 0.3 is 0 Å². The van der Waals surface area contributed by atoms with Crippen LogP contribution < -0.4 is 14.8 Å². The van der Waals surface area contributed by atoms with Crippen LogP contribution in [0, 0.1) is 11.3 Å². The summed E-state index contributed by atoms with van der Waals surface area (Å²) in [7, 11) is 3.38. The third-order valence-electron chi connectivity index (χ3n) is 2.73. The molecule has 0 saturated carbocycles. The molecule has 1 rings (SSSR count). The number of methoxy groups -OCH3 is 1. The molecule has 1 unspecified atom stereocenters. The molecule has 0 bridgehead atoms. The van der Waals surface area contributed by atoms with Crippen LogP contribution in [0.2, 0.25) is 0 Å². The molecule has 17 heavy (non-hydrogen) atoms. The van der Waals surface area contributed by atoms with Gasteiger partial charge in [0.25, 0.3) is 0 Å². The Labute approximate surface area is 102 Å². The van der Waals surface area contributed by atoms with E-state index in [4.69, 9.17) is 14.7 Å². The second kappa shape index (κ2) is 6.12. The Morgan fingerprint density at radius 2 is 2.00 bits per heavy atom. The topological polar surface area (TPSA) is 54.3 Å². The first-order valence-electron chi connectivity index (χ1n) is 5.51. The SMILES string of the molecule is CNC(C)(C#N)CCOc1ccccc1OC. The normalized spacial score (nSPS) is 13.5. The van der Waals surface area contributed by atoms with Gasteiger partial charge in [-0.1, -0.05) is 12.1 Å². The second-order valence-corrected chi connectivity index (χ2v) is 3.94. The van der Waals surface area contributed by atoms with Gasteiger partial charge in [0.15, 0.2) is 11.5 Å². The third-order valence-corrected chi connectivity index (χ3v) is 2.73. The van der Waals surface area contributed by atoms with Crippen LogP contribution in [0.25, 0.3) is 0 Å². The molecular weight excluding hydrogens is 216 g/mol. The molecule has 0 spiro atoms. The maximum Gasteiger partial charge on any atom is 0.161 e. The van der Waals surface area contributed by atoms with Crippen molar-refractivity contribution >= 4 is 0 Å². The van der Waals surface area contributed by atoms with Gasteiger partial charge in [0, 0.05) is 6.42 Å². The van der Waals surface area contributed by atoms with Gasteiger partial charge in [-0.05, 0) is 26.1 Å². The highest BCUT2D eigenvalue weighted by Crippen LogP contribution is 2.26. The first kappa shape index (κ1) is 13.3. The predicted molar refractivity (Wildman–Crippen MR) is 66.2 cm³/mol. The van der Waals surface area contributed by atoms with Gasteiger partial charge in [-0.15, -0.1) is 0 Å². The highest BCUT2D eigenvalue weighted by molar-refractivity contribution is 5.39. The summed E-state index contributed by atoms with van der Waals surface area (Å²) < 4.78 is 10.8. The molecule has 0 fully saturated rings. The van der Waals surface area contributed by atoms with E-state index >= 15 is 0 Å². The molecule has 1 aromatic rings. The Hall–Kier alpha value is -1.73. The number of para-hydroxylation sites is 2. The van der Waals surface area contributed by atoms with E-state index in [9.17, 15) is 0 Å². The Bertz CT molecular complexity index is 401. The van der Waals surface area contributed by atoms with Crippen LogP contribution in [-0.2, 0) is 0 Å². The van der Waals surface area contributed by atoms with Crippen LogP contribution >= 0.6 is 0 Å². The summed E-state index contributed by atoms with van der Waals surface area (Å²) in [6.07, 6.45) is 0.609. The molecule has 4 nitrogen and oxygen atoms in total. The number of rotatable bonds is 6. The fourth-order valence-electron chi connectivity index (χ4n) is 1.34. The van der Waals surface area contributed by atoms with E-state index in [0.29, 0.717) is 24.5 Å². The predicted octanol–water partition coefficient (Wildman–Crippen LogP) is 1.97. The monoisotopic (exact) mass is 234 g/mol. The molecule has 1 atom stereocenters. The van der Waals surface area contributed by atoms with Gasteiger partial charge in [0.1, 0.15) is 5.54 Å². The number of nitrogens with one attached hydrogen (secondary N) is 1. The molecule has 0 aliphatic rings. The van der Waals surface area contributed by atoms with Gasteiger partial charge in [-0.25, -0.2) is 0 Å². The van der Waals surface area contributed by atoms with Crippen molar-refractivity contribution in [2.24, 2.45) is 0 Å². The Balaban J connectivity index is 2.54. The van der Waals surface area contributed by atoms with E-state index in [1.54, 1.807) is 14.2 Å². The fraction of sp³-hybridized carbons (Fsp3) is 0.462. The maximum atomic E-state index is 8.99. The van der Waals surface area contributed by atoms with E-state index in [2.05, 4.69) is 11.4 Å². The summed E-state index contributed by atoms with van der Waals surface area (Å²) in [5.74, 6) is 1.40. The number of nitriles is 1. The van der Waals surface area contributed by atoms with E-state index in [1.165, 1.54) is 0 Å². The van der Waals surface area contributed by atoms with Gasteiger partial charge in [0.2, 0.25) is 0 Å². The second-order valence-electron chi connectivity index (χ2n) is 3.94. The Morgan fingerprint density at radius 1 is 1.35 bits per heavy atom. The average molecular weight is 234 g/mol. The van der Waals surface area contributed by atoms with E-state index in [0.717, 1.165) is 0 Å². The minimum absolute atomic E-state index is 0.464. The number of hydrogen-bond donors (Lipinski definition) is 1. The van der Waals surface area contributed by atoms with Crippen molar-refractivity contribution in [2.75, 3.05) is 20.8 Å². The molecule has 4 heteroatoms. The summed E-state index contributed by atoms with van der Waals surface area (Å²) in [5, 5.41) is 12.0. The van der Waals surface area contributed by atoms with Crippen LogP contribution in [0.4, 0.5) is 0 Å². The number of ether oxygens (including phenoxy) is 2. The lowest BCUT2D eigenvalue weighted by Gasteiger charge is -2.20. The molecule has 0 amide bonds. The lowest BCUT2D eigenvalue weighted by molar-refractivity contribution is 0.260. The van der Waals surface area contributed by atoms with Crippen molar-refractivity contribution in [3.8, 4) is 17.6 Å². The molecule has 0 aliphatic carbocycles. The quantitative estimate of drug-likeness (QED) is 0.817. The molecule has 1 aromatic carbocycles. The highest BCUT2D eigenvalue weighted by atomic mass is 16.5. The summed E-state index contributed by atoms with van der Waals surface area (Å²) in [6.45, 7) is 2.31. The highest BCUT2D eigenvalue weighted by Gasteiger charge is 2.20. The number of nitrogens with zero attached hydrogens (tertiary/aromatic N) is 1. The maximum absolute atomic E-state index is 8.99. The first-order chi connectivity index (χ1) is 8.15. The van der Waals surface area contributed by atoms with Crippen molar-refractivity contribution in [1.82, 2.24) is 5.32 Å². The third kappa shape index (κ3) is 3.65. The fourth-order valence-corrected chi connectivity index (χ4v) is 1.34. The van der Waals surface area contributed by atoms with Gasteiger partial charge in [-0.3, -0.25) is 0 Å². The molecular formula is C13H18N2O2. The van der Waals surface area contributed by atoms with Crippen molar-refractivity contribution in [2.45, 2.75) is 18.9 Å². The van der Waals surface area contributed by atoms with Crippen molar-refractivity contribution in [1.29, 1.82) is 5.26 Å². The molecule has 0 radical (unpaired) electrons. The van der Waals surface area contributed by atoms with Crippen LogP contribution in [0.15, 0.2) is 24.3 Å². The van der Waals surface area contributed by atoms with E-state index in [1.807, 2.05) is 31.2 Å². The van der Waals surface area contributed by atoms with Crippen molar-refractivity contribution < 1.29 is 9.47 Å². The lowest BCUT2D eigenvalue weighted by atomic mass is 10.0. The van der Waals surface area contributed by atoms with Crippen LogP contribution in [0.1, 0.15) is 13.3 Å². The van der Waals surface area contributed by atoms with Gasteiger partial charge in [0.05, 0.1) is 19.8 Å². The Morgan fingerprint density at radius 3 is 2.53 bits per heavy atom. The van der Waals surface area contributed by atoms with Gasteiger partial charge in [-0.2, -0.15) is 5.26 Å². The lowest BCUT2D eigenvalue weighted by Crippen LogP contribution is -2.39. The van der Waals surface area contributed by atoms with Gasteiger partial charge < -0.3 is 14.8 Å². The number of benzene rings is 1. The minimum Gasteiger partial charge on any atom is -0.493 e. The summed E-state index contributed by atoms with van der Waals surface area (Å²) >= 11 is 0. The Kier molecular flexibility index (Phi) is 4.80. The molecule has 92 valence electrons. The smallest absolute Gasteiger partial charge is 0.161 e. The van der Waals surface area contributed by atoms with Crippen LogP contribution in [0.5, 0.6) is 11.5 Å². The summed E-state index contributed by atoms with van der Waals surface area (Å²) in [5.41, 5.74) is -0.554. The summed E-state index contributed by atoms with van der Waals surface area (Å²) in [6, 6.07) is 9.69. The minimum atomic E-state index is -0.554. The zero-order valence-corrected chi connectivity index (χ0v) is 10.5. The summed E-state index contributed by atoms with van der Waals surface area (Å²) in [4.78, 5) is 0. The zero-order valence-electron chi connectivity index (χ0n) is 10.5. The van der Waals surface area contributed by atoms with E-state index < -0.39 is 5.54 Å². The molecule has 0 aliphatic heterocycles. The average Bonchev–Trinajstić information content (AvgIpc) is 2.39. The number of hydrogen-bond acceptors (Lipinski definition) is 4.